The predicted molar refractivity (Wildman–Crippen MR) is 84.7 cm³/mol. The first kappa shape index (κ1) is 16.9. The van der Waals surface area contributed by atoms with Gasteiger partial charge < -0.3 is 10.2 Å². The Kier molecular flexibility index (Phi) is 6.78. The Hall–Kier alpha value is -0.120. The summed E-state index contributed by atoms with van der Waals surface area (Å²) < 4.78 is 0. The quantitative estimate of drug-likeness (QED) is 0.766. The van der Waals surface area contributed by atoms with E-state index >= 15 is 0 Å². The third kappa shape index (κ3) is 5.41. The molecule has 19 heavy (non-hydrogen) atoms. The lowest BCUT2D eigenvalue weighted by molar-refractivity contribution is 0.156. The third-order valence-electron chi connectivity index (χ3n) is 4.42. The Bertz CT molecular complexity index is 247. The molecule has 0 aliphatic carbocycles. The van der Waals surface area contributed by atoms with Crippen molar-refractivity contribution in [3.63, 3.8) is 0 Å². The molecule has 0 aromatic heterocycles. The van der Waals surface area contributed by atoms with E-state index in [9.17, 15) is 0 Å². The van der Waals surface area contributed by atoms with E-state index in [0.29, 0.717) is 11.5 Å². The summed E-state index contributed by atoms with van der Waals surface area (Å²) in [5.41, 5.74) is 0.324. The van der Waals surface area contributed by atoms with E-state index in [1.807, 2.05) is 0 Å². The molecule has 3 nitrogen and oxygen atoms in total. The van der Waals surface area contributed by atoms with Gasteiger partial charge in [-0.15, -0.1) is 0 Å². The molecule has 1 fully saturated rings. The zero-order valence-corrected chi connectivity index (χ0v) is 14.0. The highest BCUT2D eigenvalue weighted by Crippen LogP contribution is 2.21. The lowest BCUT2D eigenvalue weighted by Crippen LogP contribution is -2.49. The average Bonchev–Trinajstić information content (AvgIpc) is 2.74. The summed E-state index contributed by atoms with van der Waals surface area (Å²) in [6.45, 7) is 17.4. The molecule has 3 heteroatoms. The van der Waals surface area contributed by atoms with Gasteiger partial charge in [-0.3, -0.25) is 4.90 Å². The van der Waals surface area contributed by atoms with Gasteiger partial charge in [0.25, 0.3) is 0 Å². The number of rotatable bonds is 7. The summed E-state index contributed by atoms with van der Waals surface area (Å²) in [5.74, 6) is 0. The third-order valence-corrected chi connectivity index (χ3v) is 4.42. The summed E-state index contributed by atoms with van der Waals surface area (Å²) in [4.78, 5) is 5.16. The van der Waals surface area contributed by atoms with Crippen molar-refractivity contribution in [2.24, 2.45) is 5.41 Å². The summed E-state index contributed by atoms with van der Waals surface area (Å²) >= 11 is 0. The van der Waals surface area contributed by atoms with Crippen LogP contribution in [0.15, 0.2) is 0 Å². The van der Waals surface area contributed by atoms with Crippen LogP contribution >= 0.6 is 0 Å². The molecule has 0 aromatic rings. The van der Waals surface area contributed by atoms with Gasteiger partial charge in [0.05, 0.1) is 0 Å². The van der Waals surface area contributed by atoms with Crippen LogP contribution in [0.1, 0.15) is 47.5 Å². The van der Waals surface area contributed by atoms with Crippen molar-refractivity contribution >= 4 is 0 Å². The maximum atomic E-state index is 3.65. The number of likely N-dealkylation sites (N-methyl/N-ethyl adjacent to an activating group) is 3. The van der Waals surface area contributed by atoms with Crippen molar-refractivity contribution in [2.75, 3.05) is 39.8 Å². The van der Waals surface area contributed by atoms with Crippen LogP contribution in [0.2, 0.25) is 0 Å². The monoisotopic (exact) mass is 269 g/mol. The second-order valence-corrected chi connectivity index (χ2v) is 7.12. The lowest BCUT2D eigenvalue weighted by atomic mass is 9.86. The van der Waals surface area contributed by atoms with Crippen LogP contribution in [0.4, 0.5) is 0 Å². The van der Waals surface area contributed by atoms with Crippen LogP contribution in [0.25, 0.3) is 0 Å². The molecule has 0 bridgehead atoms. The molecule has 1 aliphatic heterocycles. The molecule has 1 N–H and O–H groups in total. The minimum absolute atomic E-state index is 0.324. The number of likely N-dealkylation sites (tertiary alicyclic amines) is 1. The smallest absolute Gasteiger partial charge is 0.0243 e. The van der Waals surface area contributed by atoms with Crippen LogP contribution in [0.3, 0.4) is 0 Å². The molecule has 1 saturated heterocycles. The van der Waals surface area contributed by atoms with Crippen LogP contribution in [-0.4, -0.2) is 61.7 Å². The number of hydrogen-bond donors (Lipinski definition) is 1. The normalized spacial score (nSPS) is 23.2. The van der Waals surface area contributed by atoms with Gasteiger partial charge >= 0.3 is 0 Å². The molecule has 0 amide bonds. The number of nitrogens with zero attached hydrogens (tertiary/aromatic N) is 2. The molecule has 0 radical (unpaired) electrons. The average molecular weight is 269 g/mol. The molecule has 2 unspecified atom stereocenters. The van der Waals surface area contributed by atoms with E-state index in [4.69, 9.17) is 0 Å². The van der Waals surface area contributed by atoms with E-state index in [1.165, 1.54) is 32.5 Å². The van der Waals surface area contributed by atoms with Gasteiger partial charge in [-0.25, -0.2) is 0 Å². The Morgan fingerprint density at radius 3 is 2.53 bits per heavy atom. The van der Waals surface area contributed by atoms with Gasteiger partial charge in [0.15, 0.2) is 0 Å². The minimum atomic E-state index is 0.324. The fourth-order valence-electron chi connectivity index (χ4n) is 3.16. The molecular formula is C16H35N3. The van der Waals surface area contributed by atoms with Crippen LogP contribution < -0.4 is 5.32 Å². The lowest BCUT2D eigenvalue weighted by Gasteiger charge is -2.36. The SMILES string of the molecule is CCNC(CN(C)CC1CCCN1CC)C(C)(C)C. The Morgan fingerprint density at radius 2 is 2.00 bits per heavy atom. The molecule has 1 rings (SSSR count). The summed E-state index contributed by atoms with van der Waals surface area (Å²) in [6, 6.07) is 1.34. The highest BCUT2D eigenvalue weighted by atomic mass is 15.2. The van der Waals surface area contributed by atoms with Crippen molar-refractivity contribution in [3.8, 4) is 0 Å². The van der Waals surface area contributed by atoms with Gasteiger partial charge in [0.1, 0.15) is 0 Å². The molecule has 1 aliphatic rings. The summed E-state index contributed by atoms with van der Waals surface area (Å²) in [6.07, 6.45) is 2.75. The van der Waals surface area contributed by atoms with Gasteiger partial charge in [0, 0.05) is 25.2 Å². The summed E-state index contributed by atoms with van der Waals surface area (Å²) in [7, 11) is 2.28. The maximum absolute atomic E-state index is 3.65. The summed E-state index contributed by atoms with van der Waals surface area (Å²) in [5, 5.41) is 3.65. The van der Waals surface area contributed by atoms with Crippen molar-refractivity contribution < 1.29 is 0 Å². The van der Waals surface area contributed by atoms with Crippen molar-refractivity contribution in [1.29, 1.82) is 0 Å². The predicted octanol–water partition coefficient (Wildman–Crippen LogP) is 2.43. The van der Waals surface area contributed by atoms with Crippen LogP contribution in [0.5, 0.6) is 0 Å². The standard InChI is InChI=1S/C16H35N3/c1-7-17-15(16(3,4)5)13-18(6)12-14-10-9-11-19(14)8-2/h14-15,17H,7-13H2,1-6H3. The molecule has 2 atom stereocenters. The molecule has 0 aromatic carbocycles. The molecule has 114 valence electrons. The second kappa shape index (κ2) is 7.61. The van der Waals surface area contributed by atoms with Crippen molar-refractivity contribution in [3.05, 3.63) is 0 Å². The number of nitrogens with one attached hydrogen (secondary N) is 1. The Labute approximate surface area is 120 Å². The van der Waals surface area contributed by atoms with E-state index in [0.717, 1.165) is 19.1 Å². The number of hydrogen-bond acceptors (Lipinski definition) is 3. The topological polar surface area (TPSA) is 18.5 Å². The Balaban J connectivity index is 2.46. The first-order valence-corrected chi connectivity index (χ1v) is 8.04. The van der Waals surface area contributed by atoms with Gasteiger partial charge in [0.2, 0.25) is 0 Å². The van der Waals surface area contributed by atoms with E-state index in [-0.39, 0.29) is 0 Å². The minimum Gasteiger partial charge on any atom is -0.312 e. The van der Waals surface area contributed by atoms with E-state index < -0.39 is 0 Å². The highest BCUT2D eigenvalue weighted by molar-refractivity contribution is 4.85. The first-order chi connectivity index (χ1) is 8.88. The molecule has 1 heterocycles. The fraction of sp³-hybridized carbons (Fsp3) is 1.00. The zero-order valence-electron chi connectivity index (χ0n) is 14.0. The second-order valence-electron chi connectivity index (χ2n) is 7.12. The Morgan fingerprint density at radius 1 is 1.32 bits per heavy atom. The van der Waals surface area contributed by atoms with E-state index in [2.05, 4.69) is 56.8 Å². The van der Waals surface area contributed by atoms with Gasteiger partial charge in [-0.05, 0) is 44.9 Å². The van der Waals surface area contributed by atoms with E-state index in [1.54, 1.807) is 0 Å². The van der Waals surface area contributed by atoms with Crippen LogP contribution in [-0.2, 0) is 0 Å². The largest absolute Gasteiger partial charge is 0.312 e. The zero-order chi connectivity index (χ0) is 14.5. The maximum Gasteiger partial charge on any atom is 0.0243 e. The van der Waals surface area contributed by atoms with Crippen LogP contribution in [0, 0.1) is 5.41 Å². The first-order valence-electron chi connectivity index (χ1n) is 8.04. The fourth-order valence-corrected chi connectivity index (χ4v) is 3.16. The molecule has 0 spiro atoms. The van der Waals surface area contributed by atoms with Gasteiger partial charge in [-0.2, -0.15) is 0 Å². The van der Waals surface area contributed by atoms with Gasteiger partial charge in [-0.1, -0.05) is 34.6 Å². The molecular weight excluding hydrogens is 234 g/mol. The molecule has 0 saturated carbocycles. The van der Waals surface area contributed by atoms with Crippen molar-refractivity contribution in [2.45, 2.75) is 59.5 Å². The van der Waals surface area contributed by atoms with Crippen molar-refractivity contribution in [1.82, 2.24) is 15.1 Å². The highest BCUT2D eigenvalue weighted by Gasteiger charge is 2.28.